The third-order valence-corrected chi connectivity index (χ3v) is 8.79. The highest BCUT2D eigenvalue weighted by molar-refractivity contribution is 9.08. The monoisotopic (exact) mass is 552 g/mol. The van der Waals surface area contributed by atoms with E-state index in [0.717, 1.165) is 67.3 Å². The zero-order chi connectivity index (χ0) is 24.2. The van der Waals surface area contributed by atoms with E-state index in [9.17, 15) is 4.21 Å². The minimum atomic E-state index is -1.18. The molecule has 2 aliphatic heterocycles. The Labute approximate surface area is 214 Å². The molecule has 188 valence electrons. The topological polar surface area (TPSA) is 69.7 Å². The number of benzene rings is 1. The fourth-order valence-electron chi connectivity index (χ4n) is 4.40. The highest BCUT2D eigenvalue weighted by Crippen LogP contribution is 2.34. The summed E-state index contributed by atoms with van der Waals surface area (Å²) in [6.07, 6.45) is 8.28. The van der Waals surface area contributed by atoms with E-state index in [1.165, 1.54) is 17.4 Å². The number of unbranched alkanes of at least 4 members (excludes halogenated alkanes) is 1. The molecule has 0 radical (unpaired) electrons. The van der Waals surface area contributed by atoms with Gasteiger partial charge in [-0.1, -0.05) is 28.1 Å². The Kier molecular flexibility index (Phi) is 8.80. The molecule has 1 aromatic heterocycles. The smallest absolute Gasteiger partial charge is 0.157 e. The summed E-state index contributed by atoms with van der Waals surface area (Å²) in [6.45, 7) is 8.53. The lowest BCUT2D eigenvalue weighted by atomic mass is 9.87. The molecule has 2 unspecified atom stereocenters. The standard InChI is InChI=1S/C26H37BrN2O4S/c1-25(2,3)34(30)29-26(17-31-18-26)20-10-11-21-19(14-20)16-28-23(15-27)22(21)8-4-6-12-32-24-9-5-7-13-33-24/h10-11,14,16,24,29H,4-9,12-13,15,17-18H2,1-3H3. The summed E-state index contributed by atoms with van der Waals surface area (Å²) in [4.78, 5) is 4.76. The molecule has 2 aromatic rings. The van der Waals surface area contributed by atoms with E-state index in [1.54, 1.807) is 0 Å². The number of alkyl halides is 1. The molecule has 6 nitrogen and oxygen atoms in total. The van der Waals surface area contributed by atoms with E-state index in [0.29, 0.717) is 13.2 Å². The summed E-state index contributed by atoms with van der Waals surface area (Å²) in [7, 11) is -1.18. The Morgan fingerprint density at radius 2 is 2.09 bits per heavy atom. The second-order valence-corrected chi connectivity index (χ2v) is 12.8. The van der Waals surface area contributed by atoms with Crippen LogP contribution in [0.2, 0.25) is 0 Å². The van der Waals surface area contributed by atoms with Gasteiger partial charge in [0.1, 0.15) is 5.54 Å². The minimum Gasteiger partial charge on any atom is -0.377 e. The van der Waals surface area contributed by atoms with Gasteiger partial charge < -0.3 is 14.2 Å². The van der Waals surface area contributed by atoms with Crippen LogP contribution in [-0.2, 0) is 42.5 Å². The Hall–Kier alpha value is -0.900. The molecule has 0 bridgehead atoms. The van der Waals surface area contributed by atoms with Crippen molar-refractivity contribution in [2.24, 2.45) is 0 Å². The average molecular weight is 554 g/mol. The maximum absolute atomic E-state index is 12.8. The number of pyridine rings is 1. The first-order chi connectivity index (χ1) is 16.3. The molecule has 2 aliphatic rings. The van der Waals surface area contributed by atoms with E-state index < -0.39 is 16.5 Å². The highest BCUT2D eigenvalue weighted by atomic mass is 79.9. The molecule has 8 heteroatoms. The van der Waals surface area contributed by atoms with Crippen LogP contribution in [0.1, 0.15) is 69.7 Å². The molecule has 0 spiro atoms. The van der Waals surface area contributed by atoms with Gasteiger partial charge in [-0.2, -0.15) is 0 Å². The molecular weight excluding hydrogens is 516 g/mol. The van der Waals surface area contributed by atoms with E-state index in [4.69, 9.17) is 19.2 Å². The summed E-state index contributed by atoms with van der Waals surface area (Å²) in [5, 5.41) is 3.08. The molecule has 4 rings (SSSR count). The number of ether oxygens (including phenoxy) is 3. The van der Waals surface area contributed by atoms with Crippen LogP contribution in [0.4, 0.5) is 0 Å². The second kappa shape index (κ2) is 11.4. The summed E-state index contributed by atoms with van der Waals surface area (Å²) in [5.74, 6) is 0. The largest absolute Gasteiger partial charge is 0.377 e. The number of aryl methyl sites for hydroxylation is 1. The Morgan fingerprint density at radius 1 is 1.26 bits per heavy atom. The van der Waals surface area contributed by atoms with Gasteiger partial charge in [-0.25, -0.2) is 8.93 Å². The highest BCUT2D eigenvalue weighted by Gasteiger charge is 2.43. The summed E-state index contributed by atoms with van der Waals surface area (Å²) in [5.41, 5.74) is 3.06. The molecule has 0 aliphatic carbocycles. The van der Waals surface area contributed by atoms with Gasteiger partial charge in [0.2, 0.25) is 0 Å². The van der Waals surface area contributed by atoms with Gasteiger partial charge in [0, 0.05) is 30.1 Å². The number of fused-ring (bicyclic) bond motifs is 1. The fourth-order valence-corrected chi connectivity index (χ4v) is 5.78. The third-order valence-electron chi connectivity index (χ3n) is 6.57. The third kappa shape index (κ3) is 6.08. The van der Waals surface area contributed by atoms with Crippen LogP contribution in [0.15, 0.2) is 24.4 Å². The van der Waals surface area contributed by atoms with Crippen molar-refractivity contribution < 1.29 is 18.4 Å². The Balaban J connectivity index is 1.46. The number of rotatable bonds is 10. The fraction of sp³-hybridized carbons (Fsp3) is 0.654. The van der Waals surface area contributed by atoms with E-state index in [1.807, 2.05) is 27.0 Å². The summed E-state index contributed by atoms with van der Waals surface area (Å²) < 4.78 is 33.0. The number of hydrogen-bond donors (Lipinski definition) is 1. The Morgan fingerprint density at radius 3 is 2.74 bits per heavy atom. The van der Waals surface area contributed by atoms with Crippen molar-refractivity contribution in [1.82, 2.24) is 9.71 Å². The van der Waals surface area contributed by atoms with Crippen molar-refractivity contribution in [2.75, 3.05) is 26.4 Å². The number of nitrogens with one attached hydrogen (secondary N) is 1. The Bertz CT molecular complexity index is 1000. The van der Waals surface area contributed by atoms with Gasteiger partial charge in [0.25, 0.3) is 0 Å². The van der Waals surface area contributed by atoms with E-state index in [2.05, 4.69) is 38.9 Å². The van der Waals surface area contributed by atoms with Crippen LogP contribution < -0.4 is 4.72 Å². The molecule has 2 saturated heterocycles. The van der Waals surface area contributed by atoms with Gasteiger partial charge in [-0.05, 0) is 81.9 Å². The lowest BCUT2D eigenvalue weighted by Crippen LogP contribution is -2.59. The van der Waals surface area contributed by atoms with Crippen molar-refractivity contribution in [2.45, 2.75) is 81.2 Å². The van der Waals surface area contributed by atoms with Crippen molar-refractivity contribution in [1.29, 1.82) is 0 Å². The van der Waals surface area contributed by atoms with E-state index in [-0.39, 0.29) is 11.0 Å². The number of nitrogens with zero attached hydrogens (tertiary/aromatic N) is 1. The molecule has 2 fully saturated rings. The van der Waals surface area contributed by atoms with Crippen LogP contribution in [0.3, 0.4) is 0 Å². The number of halogens is 1. The molecular formula is C26H37BrN2O4S. The maximum atomic E-state index is 12.8. The van der Waals surface area contributed by atoms with E-state index >= 15 is 0 Å². The molecule has 1 N–H and O–H groups in total. The molecule has 3 heterocycles. The molecule has 34 heavy (non-hydrogen) atoms. The van der Waals surface area contributed by atoms with Gasteiger partial charge in [-0.3, -0.25) is 4.98 Å². The molecule has 2 atom stereocenters. The number of aromatic nitrogens is 1. The van der Waals surface area contributed by atoms with Gasteiger partial charge in [0.15, 0.2) is 6.29 Å². The average Bonchev–Trinajstić information content (AvgIpc) is 2.80. The molecule has 1 aromatic carbocycles. The SMILES string of the molecule is CC(C)(C)S(=O)NC1(c2ccc3c(CCCCOC4CCCCO4)c(CBr)ncc3c2)COC1. The first kappa shape index (κ1) is 26.2. The van der Waals surface area contributed by atoms with Crippen LogP contribution in [0.5, 0.6) is 0 Å². The maximum Gasteiger partial charge on any atom is 0.157 e. The predicted octanol–water partition coefficient (Wildman–Crippen LogP) is 5.27. The first-order valence-corrected chi connectivity index (χ1v) is 14.6. The zero-order valence-electron chi connectivity index (χ0n) is 20.5. The van der Waals surface area contributed by atoms with Crippen LogP contribution in [0, 0.1) is 0 Å². The second-order valence-electron chi connectivity index (χ2n) is 10.3. The van der Waals surface area contributed by atoms with Gasteiger partial charge in [-0.15, -0.1) is 0 Å². The summed E-state index contributed by atoms with van der Waals surface area (Å²) in [6, 6.07) is 6.54. The normalized spacial score (nSPS) is 21.4. The molecule has 0 saturated carbocycles. The lowest BCUT2D eigenvalue weighted by molar-refractivity contribution is -0.162. The zero-order valence-corrected chi connectivity index (χ0v) is 22.9. The quantitative estimate of drug-likeness (QED) is 0.321. The van der Waals surface area contributed by atoms with Crippen molar-refractivity contribution in [3.05, 3.63) is 41.2 Å². The van der Waals surface area contributed by atoms with Crippen LogP contribution in [-0.4, -0.2) is 46.7 Å². The lowest BCUT2D eigenvalue weighted by Gasteiger charge is -2.43. The molecule has 0 amide bonds. The summed E-state index contributed by atoms with van der Waals surface area (Å²) >= 11 is 3.62. The number of hydrogen-bond acceptors (Lipinski definition) is 5. The van der Waals surface area contributed by atoms with Crippen molar-refractivity contribution in [3.63, 3.8) is 0 Å². The van der Waals surface area contributed by atoms with Gasteiger partial charge in [0.05, 0.1) is 34.6 Å². The van der Waals surface area contributed by atoms with Crippen LogP contribution >= 0.6 is 15.9 Å². The minimum absolute atomic E-state index is 0.0199. The van der Waals surface area contributed by atoms with Gasteiger partial charge >= 0.3 is 0 Å². The first-order valence-electron chi connectivity index (χ1n) is 12.3. The predicted molar refractivity (Wildman–Crippen MR) is 140 cm³/mol. The van der Waals surface area contributed by atoms with Crippen molar-refractivity contribution >= 4 is 37.7 Å². The van der Waals surface area contributed by atoms with Crippen molar-refractivity contribution in [3.8, 4) is 0 Å². The van der Waals surface area contributed by atoms with Crippen LogP contribution in [0.25, 0.3) is 10.8 Å².